The Balaban J connectivity index is 3.38. The van der Waals surface area contributed by atoms with Crippen LogP contribution in [0, 0.1) is 6.92 Å². The molecule has 1 rings (SSSR count). The Labute approximate surface area is 88.5 Å². The van der Waals surface area contributed by atoms with Gasteiger partial charge in [0.2, 0.25) is 0 Å². The lowest BCUT2D eigenvalue weighted by molar-refractivity contribution is 0.0589. The van der Waals surface area contributed by atoms with Crippen molar-refractivity contribution < 1.29 is 14.3 Å². The molecule has 1 heterocycles. The van der Waals surface area contributed by atoms with Crippen LogP contribution in [0.4, 0.5) is 0 Å². The summed E-state index contributed by atoms with van der Waals surface area (Å²) in [5, 5.41) is 0. The van der Waals surface area contributed by atoms with Crippen LogP contribution >= 0.6 is 0 Å². The minimum Gasteiger partial charge on any atom is -0.494 e. The van der Waals surface area contributed by atoms with E-state index in [0.717, 1.165) is 5.56 Å². The molecule has 0 bridgehead atoms. The Morgan fingerprint density at radius 2 is 2.20 bits per heavy atom. The highest BCUT2D eigenvalue weighted by molar-refractivity contribution is 5.91. The molecule has 4 heteroatoms. The zero-order valence-corrected chi connectivity index (χ0v) is 9.03. The molecule has 0 aliphatic rings. The van der Waals surface area contributed by atoms with Crippen molar-refractivity contribution in [1.29, 1.82) is 0 Å². The van der Waals surface area contributed by atoms with Gasteiger partial charge >= 0.3 is 5.97 Å². The summed E-state index contributed by atoms with van der Waals surface area (Å²) in [6.45, 7) is 5.43. The second-order valence-corrected chi connectivity index (χ2v) is 2.94. The quantitative estimate of drug-likeness (QED) is 0.709. The van der Waals surface area contributed by atoms with Crippen LogP contribution in [-0.4, -0.2) is 25.2 Å². The molecule has 0 fully saturated rings. The van der Waals surface area contributed by atoms with Gasteiger partial charge in [0.15, 0.2) is 11.4 Å². The fourth-order valence-electron chi connectivity index (χ4n) is 1.28. The van der Waals surface area contributed by atoms with Crippen LogP contribution in [0.1, 0.15) is 21.7 Å². The predicted molar refractivity (Wildman–Crippen MR) is 57.0 cm³/mol. The first-order valence-corrected chi connectivity index (χ1v) is 4.40. The number of pyridine rings is 1. The number of esters is 1. The average Bonchev–Trinajstić information content (AvgIpc) is 2.26. The van der Waals surface area contributed by atoms with Crippen LogP contribution in [0.15, 0.2) is 12.6 Å². The van der Waals surface area contributed by atoms with Gasteiger partial charge in [0.25, 0.3) is 0 Å². The first-order chi connectivity index (χ1) is 7.13. The molecule has 0 atom stereocenters. The maximum absolute atomic E-state index is 11.4. The third-order valence-electron chi connectivity index (χ3n) is 1.97. The topological polar surface area (TPSA) is 48.4 Å². The van der Waals surface area contributed by atoms with E-state index in [2.05, 4.69) is 16.3 Å². The number of aromatic nitrogens is 1. The summed E-state index contributed by atoms with van der Waals surface area (Å²) in [4.78, 5) is 15.5. The van der Waals surface area contributed by atoms with Crippen LogP contribution in [0.2, 0.25) is 0 Å². The number of methoxy groups -OCH3 is 2. The Kier molecular flexibility index (Phi) is 3.44. The van der Waals surface area contributed by atoms with Gasteiger partial charge in [-0.3, -0.25) is 0 Å². The summed E-state index contributed by atoms with van der Waals surface area (Å²) < 4.78 is 9.72. The van der Waals surface area contributed by atoms with Gasteiger partial charge in [0.1, 0.15) is 0 Å². The first kappa shape index (κ1) is 11.2. The first-order valence-electron chi connectivity index (χ1n) is 4.40. The highest BCUT2D eigenvalue weighted by Crippen LogP contribution is 2.23. The number of carbonyl (C=O) groups is 1. The van der Waals surface area contributed by atoms with E-state index in [4.69, 9.17) is 4.74 Å². The highest BCUT2D eigenvalue weighted by Gasteiger charge is 2.17. The lowest BCUT2D eigenvalue weighted by atomic mass is 10.2. The van der Waals surface area contributed by atoms with E-state index < -0.39 is 5.97 Å². The molecule has 0 saturated heterocycles. The zero-order valence-electron chi connectivity index (χ0n) is 9.03. The fourth-order valence-corrected chi connectivity index (χ4v) is 1.28. The van der Waals surface area contributed by atoms with E-state index in [1.807, 2.05) is 6.92 Å². The molecule has 0 aliphatic heterocycles. The van der Waals surface area contributed by atoms with E-state index in [0.29, 0.717) is 11.4 Å². The summed E-state index contributed by atoms with van der Waals surface area (Å²) in [7, 11) is 2.80. The molecule has 1 aromatic rings. The molecule has 0 N–H and O–H groups in total. The number of nitrogens with zero attached hydrogens (tertiary/aromatic N) is 1. The highest BCUT2D eigenvalue weighted by atomic mass is 16.5. The van der Waals surface area contributed by atoms with E-state index in [-0.39, 0.29) is 5.69 Å². The number of carbonyl (C=O) groups excluding carboxylic acids is 1. The van der Waals surface area contributed by atoms with Gasteiger partial charge in [-0.25, -0.2) is 9.78 Å². The summed E-state index contributed by atoms with van der Waals surface area (Å²) in [5.41, 5.74) is 1.62. The van der Waals surface area contributed by atoms with Crippen molar-refractivity contribution in [3.63, 3.8) is 0 Å². The molecular weight excluding hydrogens is 194 g/mol. The van der Waals surface area contributed by atoms with E-state index in [9.17, 15) is 4.79 Å². The Morgan fingerprint density at radius 1 is 1.53 bits per heavy atom. The second-order valence-electron chi connectivity index (χ2n) is 2.94. The molecule has 0 unspecified atom stereocenters. The molecule has 0 aromatic carbocycles. The van der Waals surface area contributed by atoms with E-state index >= 15 is 0 Å². The maximum atomic E-state index is 11.4. The number of ether oxygens (including phenoxy) is 2. The van der Waals surface area contributed by atoms with Crippen molar-refractivity contribution >= 4 is 12.0 Å². The Morgan fingerprint density at radius 3 is 2.67 bits per heavy atom. The average molecular weight is 207 g/mol. The summed E-state index contributed by atoms with van der Waals surface area (Å²) in [6, 6.07) is 1.79. The van der Waals surface area contributed by atoms with Crippen molar-refractivity contribution in [3.8, 4) is 5.75 Å². The molecule has 0 spiro atoms. The molecule has 15 heavy (non-hydrogen) atoms. The van der Waals surface area contributed by atoms with Gasteiger partial charge < -0.3 is 9.47 Å². The SMILES string of the molecule is C=Cc1cc(C)c(OC)c(C(=O)OC)n1. The molecule has 0 saturated carbocycles. The summed E-state index contributed by atoms with van der Waals surface area (Å²) >= 11 is 0. The van der Waals surface area contributed by atoms with Crippen LogP contribution in [0.25, 0.3) is 6.08 Å². The minimum atomic E-state index is -0.515. The van der Waals surface area contributed by atoms with Crippen molar-refractivity contribution in [2.24, 2.45) is 0 Å². The third-order valence-corrected chi connectivity index (χ3v) is 1.97. The molecule has 1 aromatic heterocycles. The Bertz CT molecular complexity index is 399. The smallest absolute Gasteiger partial charge is 0.360 e. The normalized spacial score (nSPS) is 9.53. The standard InChI is InChI=1S/C11H13NO3/c1-5-8-6-7(2)10(14-3)9(12-8)11(13)15-4/h5-6H,1H2,2-4H3. The molecule has 0 amide bonds. The fraction of sp³-hybridized carbons (Fsp3) is 0.273. The lowest BCUT2D eigenvalue weighted by Crippen LogP contribution is -2.09. The van der Waals surface area contributed by atoms with Crippen molar-refractivity contribution in [2.75, 3.05) is 14.2 Å². The van der Waals surface area contributed by atoms with Gasteiger partial charge in [-0.1, -0.05) is 6.58 Å². The number of hydrogen-bond acceptors (Lipinski definition) is 4. The number of hydrogen-bond donors (Lipinski definition) is 0. The van der Waals surface area contributed by atoms with Gasteiger partial charge in [0.05, 0.1) is 19.9 Å². The van der Waals surface area contributed by atoms with Crippen LogP contribution < -0.4 is 4.74 Å². The van der Waals surface area contributed by atoms with E-state index in [1.54, 1.807) is 12.1 Å². The minimum absolute atomic E-state index is 0.176. The van der Waals surface area contributed by atoms with Crippen molar-refractivity contribution in [2.45, 2.75) is 6.92 Å². The van der Waals surface area contributed by atoms with Gasteiger partial charge in [-0.05, 0) is 24.6 Å². The largest absolute Gasteiger partial charge is 0.494 e. The lowest BCUT2D eigenvalue weighted by Gasteiger charge is -2.09. The van der Waals surface area contributed by atoms with E-state index in [1.165, 1.54) is 14.2 Å². The summed E-state index contributed by atoms with van der Waals surface area (Å²) in [6.07, 6.45) is 1.57. The van der Waals surface area contributed by atoms with Crippen molar-refractivity contribution in [3.05, 3.63) is 29.6 Å². The van der Waals surface area contributed by atoms with Crippen LogP contribution in [-0.2, 0) is 4.74 Å². The second kappa shape index (κ2) is 4.59. The van der Waals surface area contributed by atoms with Gasteiger partial charge in [-0.15, -0.1) is 0 Å². The molecule has 0 radical (unpaired) electrons. The summed E-state index contributed by atoms with van der Waals surface area (Å²) in [5.74, 6) is -0.0777. The Hall–Kier alpha value is -1.84. The third kappa shape index (κ3) is 2.15. The molecular formula is C11H13NO3. The molecule has 4 nitrogen and oxygen atoms in total. The van der Waals surface area contributed by atoms with Crippen molar-refractivity contribution in [1.82, 2.24) is 4.98 Å². The predicted octanol–water partition coefficient (Wildman–Crippen LogP) is 1.83. The van der Waals surface area contributed by atoms with Gasteiger partial charge in [0, 0.05) is 0 Å². The molecule has 0 aliphatic carbocycles. The van der Waals surface area contributed by atoms with Crippen LogP contribution in [0.5, 0.6) is 5.75 Å². The maximum Gasteiger partial charge on any atom is 0.360 e. The number of rotatable bonds is 3. The van der Waals surface area contributed by atoms with Crippen LogP contribution in [0.3, 0.4) is 0 Å². The monoisotopic (exact) mass is 207 g/mol. The van der Waals surface area contributed by atoms with Gasteiger partial charge in [-0.2, -0.15) is 0 Å². The number of aryl methyl sites for hydroxylation is 1. The zero-order chi connectivity index (χ0) is 11.4. The molecule has 80 valence electrons.